The van der Waals surface area contributed by atoms with Gasteiger partial charge >= 0.3 is 5.97 Å². The van der Waals surface area contributed by atoms with E-state index in [-0.39, 0.29) is 0 Å². The summed E-state index contributed by atoms with van der Waals surface area (Å²) in [5.41, 5.74) is 2.72. The minimum Gasteiger partial charge on any atom is -0.478 e. The highest BCUT2D eigenvalue weighted by atomic mass is 16.5. The van der Waals surface area contributed by atoms with E-state index in [4.69, 9.17) is 9.84 Å². The second kappa shape index (κ2) is 7.50. The molecule has 2 aliphatic heterocycles. The number of rotatable bonds is 7. The minimum atomic E-state index is -0.870. The third kappa shape index (κ3) is 3.61. The van der Waals surface area contributed by atoms with Gasteiger partial charge in [0.25, 0.3) is 0 Å². The SMILES string of the molecule is O=C(O)c1ccc(CCC2C3CCC(O3)C2CNc2ccccc2)cc1. The average molecular weight is 351 g/mol. The molecular formula is C22H25NO3. The molecule has 2 fully saturated rings. The van der Waals surface area contributed by atoms with Crippen molar-refractivity contribution < 1.29 is 14.6 Å². The maximum absolute atomic E-state index is 11.0. The van der Waals surface area contributed by atoms with Crippen LogP contribution < -0.4 is 5.32 Å². The molecular weight excluding hydrogens is 326 g/mol. The number of hydrogen-bond acceptors (Lipinski definition) is 3. The van der Waals surface area contributed by atoms with E-state index < -0.39 is 5.97 Å². The number of benzene rings is 2. The van der Waals surface area contributed by atoms with Crippen LogP contribution in [-0.4, -0.2) is 29.8 Å². The van der Waals surface area contributed by atoms with Crippen molar-refractivity contribution in [3.05, 3.63) is 65.7 Å². The maximum atomic E-state index is 11.0. The Kier molecular flexibility index (Phi) is 4.93. The van der Waals surface area contributed by atoms with Crippen LogP contribution in [0.3, 0.4) is 0 Å². The van der Waals surface area contributed by atoms with Crippen LogP contribution in [0, 0.1) is 11.8 Å². The topological polar surface area (TPSA) is 58.6 Å². The quantitative estimate of drug-likeness (QED) is 0.784. The van der Waals surface area contributed by atoms with Crippen LogP contribution in [0.15, 0.2) is 54.6 Å². The normalized spacial score (nSPS) is 26.8. The van der Waals surface area contributed by atoms with E-state index in [0.29, 0.717) is 29.6 Å². The van der Waals surface area contributed by atoms with Crippen molar-refractivity contribution >= 4 is 11.7 Å². The molecule has 136 valence electrons. The van der Waals surface area contributed by atoms with Gasteiger partial charge in [-0.3, -0.25) is 0 Å². The monoisotopic (exact) mass is 351 g/mol. The van der Waals surface area contributed by atoms with E-state index in [1.165, 1.54) is 24.1 Å². The molecule has 2 N–H and O–H groups in total. The molecule has 4 unspecified atom stereocenters. The summed E-state index contributed by atoms with van der Waals surface area (Å²) in [6, 6.07) is 17.6. The Morgan fingerprint density at radius 3 is 2.38 bits per heavy atom. The van der Waals surface area contributed by atoms with Gasteiger partial charge in [-0.15, -0.1) is 0 Å². The van der Waals surface area contributed by atoms with Crippen molar-refractivity contribution in [3.63, 3.8) is 0 Å². The molecule has 2 aromatic carbocycles. The Morgan fingerprint density at radius 2 is 1.69 bits per heavy atom. The van der Waals surface area contributed by atoms with E-state index >= 15 is 0 Å². The van der Waals surface area contributed by atoms with Gasteiger partial charge in [-0.2, -0.15) is 0 Å². The molecule has 2 aromatic rings. The Labute approximate surface area is 154 Å². The zero-order chi connectivity index (χ0) is 17.9. The fourth-order valence-corrected chi connectivity index (χ4v) is 4.49. The molecule has 0 spiro atoms. The van der Waals surface area contributed by atoms with E-state index in [1.54, 1.807) is 12.1 Å². The van der Waals surface area contributed by atoms with Crippen LogP contribution in [0.5, 0.6) is 0 Å². The number of aromatic carboxylic acids is 1. The highest BCUT2D eigenvalue weighted by Gasteiger charge is 2.48. The summed E-state index contributed by atoms with van der Waals surface area (Å²) in [7, 11) is 0. The molecule has 2 bridgehead atoms. The number of ether oxygens (including phenoxy) is 1. The third-order valence-electron chi connectivity index (χ3n) is 5.87. The number of carboxylic acids is 1. The smallest absolute Gasteiger partial charge is 0.335 e. The number of hydrogen-bond donors (Lipinski definition) is 2. The second-order valence-corrected chi connectivity index (χ2v) is 7.41. The molecule has 0 aliphatic carbocycles. The number of carboxylic acid groups (broad SMARTS) is 1. The van der Waals surface area contributed by atoms with Gasteiger partial charge in [0.1, 0.15) is 0 Å². The number of anilines is 1. The fourth-order valence-electron chi connectivity index (χ4n) is 4.49. The molecule has 4 rings (SSSR count). The van der Waals surface area contributed by atoms with Crippen LogP contribution in [0.25, 0.3) is 0 Å². The molecule has 0 radical (unpaired) electrons. The van der Waals surface area contributed by atoms with Gasteiger partial charge in [-0.1, -0.05) is 30.3 Å². The Bertz CT molecular complexity index is 744. The lowest BCUT2D eigenvalue weighted by Gasteiger charge is -2.28. The highest BCUT2D eigenvalue weighted by Crippen LogP contribution is 2.45. The van der Waals surface area contributed by atoms with E-state index in [9.17, 15) is 4.79 Å². The molecule has 4 nitrogen and oxygen atoms in total. The van der Waals surface area contributed by atoms with Crippen molar-refractivity contribution in [2.24, 2.45) is 11.8 Å². The number of para-hydroxylation sites is 1. The molecule has 0 amide bonds. The van der Waals surface area contributed by atoms with E-state index in [2.05, 4.69) is 29.6 Å². The molecule has 2 heterocycles. The van der Waals surface area contributed by atoms with Gasteiger partial charge in [-0.25, -0.2) is 4.79 Å². The minimum absolute atomic E-state index is 0.349. The fraction of sp³-hybridized carbons (Fsp3) is 0.409. The summed E-state index contributed by atoms with van der Waals surface area (Å²) in [5.74, 6) is 0.251. The molecule has 2 aliphatic rings. The third-order valence-corrected chi connectivity index (χ3v) is 5.87. The lowest BCUT2D eigenvalue weighted by molar-refractivity contribution is 0.0697. The summed E-state index contributed by atoms with van der Waals surface area (Å²) in [6.07, 6.45) is 5.19. The first-order valence-corrected chi connectivity index (χ1v) is 9.47. The van der Waals surface area contributed by atoms with Gasteiger partial charge in [0.05, 0.1) is 17.8 Å². The van der Waals surface area contributed by atoms with Crippen molar-refractivity contribution in [1.29, 1.82) is 0 Å². The zero-order valence-corrected chi connectivity index (χ0v) is 14.8. The number of nitrogens with one attached hydrogen (secondary N) is 1. The van der Waals surface area contributed by atoms with Crippen LogP contribution in [-0.2, 0) is 11.2 Å². The van der Waals surface area contributed by atoms with Gasteiger partial charge in [0, 0.05) is 18.2 Å². The molecule has 4 atom stereocenters. The Balaban J connectivity index is 1.37. The standard InChI is InChI=1S/C22H25NO3/c24-22(25)16-9-6-15(7-10-16)8-11-18-19(21-13-12-20(18)26-21)14-23-17-4-2-1-3-5-17/h1-7,9-10,18-21,23H,8,11-14H2,(H,24,25). The number of aryl methyl sites for hydroxylation is 1. The summed E-state index contributed by atoms with van der Waals surface area (Å²) in [6.45, 7) is 0.952. The van der Waals surface area contributed by atoms with E-state index in [0.717, 1.165) is 19.4 Å². The molecule has 4 heteroatoms. The van der Waals surface area contributed by atoms with Crippen LogP contribution in [0.4, 0.5) is 5.69 Å². The van der Waals surface area contributed by atoms with E-state index in [1.807, 2.05) is 18.2 Å². The van der Waals surface area contributed by atoms with Crippen LogP contribution in [0.1, 0.15) is 35.2 Å². The van der Waals surface area contributed by atoms with Crippen LogP contribution in [0.2, 0.25) is 0 Å². The maximum Gasteiger partial charge on any atom is 0.335 e. The largest absolute Gasteiger partial charge is 0.478 e. The van der Waals surface area contributed by atoms with Crippen molar-refractivity contribution in [1.82, 2.24) is 0 Å². The second-order valence-electron chi connectivity index (χ2n) is 7.41. The summed E-state index contributed by atoms with van der Waals surface area (Å²) in [4.78, 5) is 11.0. The molecule has 0 saturated carbocycles. The summed E-state index contributed by atoms with van der Waals surface area (Å²) >= 11 is 0. The van der Waals surface area contributed by atoms with Crippen molar-refractivity contribution in [3.8, 4) is 0 Å². The first-order chi connectivity index (χ1) is 12.7. The predicted octanol–water partition coefficient (Wildman–Crippen LogP) is 4.22. The average Bonchev–Trinajstić information content (AvgIpc) is 3.27. The highest BCUT2D eigenvalue weighted by molar-refractivity contribution is 5.87. The summed E-state index contributed by atoms with van der Waals surface area (Å²) in [5, 5.41) is 12.6. The van der Waals surface area contributed by atoms with Gasteiger partial charge in [0.2, 0.25) is 0 Å². The number of carbonyl (C=O) groups is 1. The Morgan fingerprint density at radius 1 is 1.00 bits per heavy atom. The number of fused-ring (bicyclic) bond motifs is 2. The predicted molar refractivity (Wildman–Crippen MR) is 102 cm³/mol. The molecule has 0 aromatic heterocycles. The Hall–Kier alpha value is -2.33. The molecule has 26 heavy (non-hydrogen) atoms. The first-order valence-electron chi connectivity index (χ1n) is 9.47. The first kappa shape index (κ1) is 17.1. The summed E-state index contributed by atoms with van der Waals surface area (Å²) < 4.78 is 6.21. The zero-order valence-electron chi connectivity index (χ0n) is 14.8. The lowest BCUT2D eigenvalue weighted by Crippen LogP contribution is -2.33. The molecule has 2 saturated heterocycles. The van der Waals surface area contributed by atoms with Gasteiger partial charge < -0.3 is 15.2 Å². The van der Waals surface area contributed by atoms with Crippen molar-refractivity contribution in [2.75, 3.05) is 11.9 Å². The van der Waals surface area contributed by atoms with Gasteiger partial charge in [0.15, 0.2) is 0 Å². The van der Waals surface area contributed by atoms with Crippen molar-refractivity contribution in [2.45, 2.75) is 37.9 Å². The van der Waals surface area contributed by atoms with Crippen LogP contribution >= 0.6 is 0 Å². The van der Waals surface area contributed by atoms with Gasteiger partial charge in [-0.05, 0) is 61.4 Å². The lowest BCUT2D eigenvalue weighted by atomic mass is 9.76.